The van der Waals surface area contributed by atoms with Crippen LogP contribution in [-0.4, -0.2) is 53.9 Å². The Morgan fingerprint density at radius 3 is 2.47 bits per heavy atom. The first-order chi connectivity index (χ1) is 14.4. The van der Waals surface area contributed by atoms with E-state index >= 15 is 0 Å². The van der Waals surface area contributed by atoms with E-state index in [1.54, 1.807) is 0 Å². The first kappa shape index (κ1) is 20.9. The fraction of sp³-hybridized carbons (Fsp3) is 0.300. The summed E-state index contributed by atoms with van der Waals surface area (Å²) in [5.41, 5.74) is 0.860. The Balaban J connectivity index is 1.44. The third kappa shape index (κ3) is 3.98. The van der Waals surface area contributed by atoms with Crippen molar-refractivity contribution in [3.63, 3.8) is 0 Å². The third-order valence-electron chi connectivity index (χ3n) is 5.19. The molecule has 3 aromatic rings. The van der Waals surface area contributed by atoms with Crippen molar-refractivity contribution in [1.82, 2.24) is 19.3 Å². The molecule has 1 aliphatic heterocycles. The van der Waals surface area contributed by atoms with Crippen molar-refractivity contribution in [3.05, 3.63) is 65.3 Å². The molecule has 0 radical (unpaired) electrons. The van der Waals surface area contributed by atoms with Crippen LogP contribution in [0.5, 0.6) is 0 Å². The van der Waals surface area contributed by atoms with E-state index in [9.17, 15) is 12.8 Å². The number of benzene rings is 2. The van der Waals surface area contributed by atoms with E-state index in [1.165, 1.54) is 22.5 Å². The summed E-state index contributed by atoms with van der Waals surface area (Å²) >= 11 is 5.75. The Kier molecular flexibility index (Phi) is 5.88. The first-order valence-corrected chi connectivity index (χ1v) is 11.3. The van der Waals surface area contributed by atoms with Gasteiger partial charge in [0.05, 0.1) is 11.1 Å². The molecule has 30 heavy (non-hydrogen) atoms. The van der Waals surface area contributed by atoms with Gasteiger partial charge in [-0.05, 0) is 19.1 Å². The average Bonchev–Trinajstić information content (AvgIpc) is 3.26. The maximum absolute atomic E-state index is 14.2. The van der Waals surface area contributed by atoms with E-state index in [-0.39, 0.29) is 24.2 Å². The van der Waals surface area contributed by atoms with Crippen molar-refractivity contribution < 1.29 is 17.3 Å². The summed E-state index contributed by atoms with van der Waals surface area (Å²) in [6.07, 6.45) is 0. The summed E-state index contributed by atoms with van der Waals surface area (Å²) in [5, 5.41) is 3.83. The molecular formula is C20H20ClFN4O3S. The number of piperazine rings is 1. The van der Waals surface area contributed by atoms with Crippen LogP contribution in [-0.2, 0) is 10.0 Å². The van der Waals surface area contributed by atoms with E-state index in [4.69, 9.17) is 16.1 Å². The average molecular weight is 451 g/mol. The van der Waals surface area contributed by atoms with Crippen molar-refractivity contribution in [2.75, 3.05) is 26.2 Å². The van der Waals surface area contributed by atoms with Crippen LogP contribution < -0.4 is 0 Å². The van der Waals surface area contributed by atoms with Gasteiger partial charge in [0.2, 0.25) is 21.7 Å². The molecule has 0 N–H and O–H groups in total. The number of hydrogen-bond donors (Lipinski definition) is 0. The van der Waals surface area contributed by atoms with Gasteiger partial charge in [-0.2, -0.15) is 9.29 Å². The van der Waals surface area contributed by atoms with Crippen LogP contribution in [0.1, 0.15) is 18.9 Å². The summed E-state index contributed by atoms with van der Waals surface area (Å²) in [6.45, 7) is 3.27. The molecule has 10 heteroatoms. The predicted molar refractivity (Wildman–Crippen MR) is 110 cm³/mol. The zero-order chi connectivity index (χ0) is 21.3. The summed E-state index contributed by atoms with van der Waals surface area (Å²) in [5.74, 6) is 0.0513. The van der Waals surface area contributed by atoms with E-state index in [0.717, 1.165) is 5.56 Å². The third-order valence-corrected chi connectivity index (χ3v) is 7.39. The highest BCUT2D eigenvalue weighted by atomic mass is 35.5. The monoisotopic (exact) mass is 450 g/mol. The maximum Gasteiger partial charge on any atom is 0.246 e. The number of nitrogens with zero attached hydrogens (tertiary/aromatic N) is 4. The van der Waals surface area contributed by atoms with Gasteiger partial charge >= 0.3 is 0 Å². The van der Waals surface area contributed by atoms with E-state index in [1.807, 2.05) is 37.3 Å². The molecule has 4 rings (SSSR count). The Morgan fingerprint density at radius 2 is 1.77 bits per heavy atom. The molecule has 1 atom stereocenters. The maximum atomic E-state index is 14.2. The summed E-state index contributed by atoms with van der Waals surface area (Å²) in [4.78, 5) is 6.13. The van der Waals surface area contributed by atoms with Gasteiger partial charge in [-0.3, -0.25) is 4.90 Å². The Bertz CT molecular complexity index is 1130. The van der Waals surface area contributed by atoms with Crippen LogP contribution in [0.4, 0.5) is 4.39 Å². The quantitative estimate of drug-likeness (QED) is 0.591. The van der Waals surface area contributed by atoms with Crippen LogP contribution in [0, 0.1) is 5.82 Å². The van der Waals surface area contributed by atoms with Gasteiger partial charge in [0.1, 0.15) is 4.90 Å². The number of aromatic nitrogens is 2. The van der Waals surface area contributed by atoms with Crippen LogP contribution in [0.15, 0.2) is 57.9 Å². The standard InChI is InChI=1S/C20H20ClFN4O3S/c1-14(20-23-19(24-29-20)15-6-3-2-4-7-15)25-10-12-26(13-11-25)30(27,28)17-9-5-8-16(21)18(17)22/h2-9,14H,10-13H2,1H3. The molecule has 7 nitrogen and oxygen atoms in total. The Morgan fingerprint density at radius 1 is 1.07 bits per heavy atom. The molecule has 2 aromatic carbocycles. The van der Waals surface area contributed by atoms with Gasteiger partial charge in [0.25, 0.3) is 0 Å². The van der Waals surface area contributed by atoms with E-state index in [2.05, 4.69) is 15.0 Å². The Labute approximate surface area is 179 Å². The molecule has 2 heterocycles. The summed E-state index contributed by atoms with van der Waals surface area (Å²) in [7, 11) is -3.97. The van der Waals surface area contributed by atoms with Crippen LogP contribution in [0.25, 0.3) is 11.4 Å². The largest absolute Gasteiger partial charge is 0.337 e. The van der Waals surface area contributed by atoms with Crippen molar-refractivity contribution in [3.8, 4) is 11.4 Å². The zero-order valence-electron chi connectivity index (χ0n) is 16.2. The molecule has 0 bridgehead atoms. The van der Waals surface area contributed by atoms with Crippen LogP contribution in [0.2, 0.25) is 5.02 Å². The fourth-order valence-corrected chi connectivity index (χ4v) is 5.16. The van der Waals surface area contributed by atoms with Crippen molar-refractivity contribution in [2.24, 2.45) is 0 Å². The number of hydrogen-bond acceptors (Lipinski definition) is 6. The van der Waals surface area contributed by atoms with Gasteiger partial charge in [0, 0.05) is 31.7 Å². The molecule has 0 spiro atoms. The first-order valence-electron chi connectivity index (χ1n) is 9.45. The second kappa shape index (κ2) is 8.43. The smallest absolute Gasteiger partial charge is 0.246 e. The van der Waals surface area contributed by atoms with Crippen molar-refractivity contribution >= 4 is 21.6 Å². The number of rotatable bonds is 5. The fourth-order valence-electron chi connectivity index (χ4n) is 3.42. The molecule has 0 saturated carbocycles. The van der Waals surface area contributed by atoms with Gasteiger partial charge < -0.3 is 4.52 Å². The Hall–Kier alpha value is -2.33. The summed E-state index contributed by atoms with van der Waals surface area (Å²) in [6, 6.07) is 13.3. The minimum absolute atomic E-state index is 0.178. The highest BCUT2D eigenvalue weighted by molar-refractivity contribution is 7.89. The summed E-state index contributed by atoms with van der Waals surface area (Å²) < 4.78 is 46.6. The minimum atomic E-state index is -3.97. The molecular weight excluding hydrogens is 431 g/mol. The topological polar surface area (TPSA) is 79.5 Å². The molecule has 158 valence electrons. The van der Waals surface area contributed by atoms with Gasteiger partial charge in [0.15, 0.2) is 5.82 Å². The van der Waals surface area contributed by atoms with Gasteiger partial charge in [-0.1, -0.05) is 53.2 Å². The normalized spacial score (nSPS) is 17.2. The number of sulfonamides is 1. The number of halogens is 2. The second-order valence-electron chi connectivity index (χ2n) is 6.99. The molecule has 1 unspecified atom stereocenters. The van der Waals surface area contributed by atoms with Crippen molar-refractivity contribution in [1.29, 1.82) is 0 Å². The molecule has 0 amide bonds. The predicted octanol–water partition coefficient (Wildman–Crippen LogP) is 3.60. The molecule has 1 fully saturated rings. The lowest BCUT2D eigenvalue weighted by atomic mass is 10.2. The lowest BCUT2D eigenvalue weighted by Gasteiger charge is -2.36. The SMILES string of the molecule is CC(c1nc(-c2ccccc2)no1)N1CCN(S(=O)(=O)c2cccc(Cl)c2F)CC1. The minimum Gasteiger partial charge on any atom is -0.337 e. The zero-order valence-corrected chi connectivity index (χ0v) is 17.8. The molecule has 0 aliphatic carbocycles. The lowest BCUT2D eigenvalue weighted by molar-refractivity contribution is 0.124. The molecule has 1 aromatic heterocycles. The van der Waals surface area contributed by atoms with Gasteiger partial charge in [-0.25, -0.2) is 12.8 Å². The second-order valence-corrected chi connectivity index (χ2v) is 9.30. The van der Waals surface area contributed by atoms with Crippen molar-refractivity contribution in [2.45, 2.75) is 17.9 Å². The van der Waals surface area contributed by atoms with Gasteiger partial charge in [-0.15, -0.1) is 0 Å². The molecule has 1 saturated heterocycles. The van der Waals surface area contributed by atoms with E-state index < -0.39 is 20.7 Å². The van der Waals surface area contributed by atoms with Crippen LogP contribution in [0.3, 0.4) is 0 Å². The lowest BCUT2D eigenvalue weighted by Crippen LogP contribution is -2.49. The molecule has 1 aliphatic rings. The van der Waals surface area contributed by atoms with E-state index in [0.29, 0.717) is 24.8 Å². The van der Waals surface area contributed by atoms with Crippen LogP contribution >= 0.6 is 11.6 Å². The highest BCUT2D eigenvalue weighted by Crippen LogP contribution is 2.28. The highest BCUT2D eigenvalue weighted by Gasteiger charge is 2.33.